The minimum atomic E-state index is -1.04. The fourth-order valence-corrected chi connectivity index (χ4v) is 1.04. The first-order valence-corrected chi connectivity index (χ1v) is 4.60. The van der Waals surface area contributed by atoms with E-state index in [2.05, 4.69) is 5.32 Å². The number of nitrogens with zero attached hydrogens (tertiary/aromatic N) is 2. The lowest BCUT2D eigenvalue weighted by molar-refractivity contribution is -0.387. The summed E-state index contributed by atoms with van der Waals surface area (Å²) in [6.45, 7) is 1.39. The van der Waals surface area contributed by atoms with Crippen LogP contribution in [0.15, 0.2) is 18.2 Å². The van der Waals surface area contributed by atoms with Crippen molar-refractivity contribution in [3.63, 3.8) is 0 Å². The normalized spacial score (nSPS) is 11.4. The number of rotatable bonds is 3. The summed E-state index contributed by atoms with van der Waals surface area (Å²) in [6.07, 6.45) is 0. The second-order valence-corrected chi connectivity index (χ2v) is 3.26. The molecule has 1 atom stereocenters. The molecule has 1 aromatic rings. The number of nitro groups is 1. The van der Waals surface area contributed by atoms with Crippen LogP contribution in [0.25, 0.3) is 0 Å². The standard InChI is InChI=1S/C10H8FN3O3/c1-6(5-12)10(15)13-7-2-3-9(14(16)17)8(11)4-7/h2-4,6H,1H3,(H,13,15). The fraction of sp³-hybridized carbons (Fsp3) is 0.200. The Kier molecular flexibility index (Phi) is 3.72. The monoisotopic (exact) mass is 237 g/mol. The Hall–Kier alpha value is -2.49. The summed E-state index contributed by atoms with van der Waals surface area (Å²) in [5.74, 6) is -2.52. The highest BCUT2D eigenvalue weighted by Gasteiger charge is 2.16. The summed E-state index contributed by atoms with van der Waals surface area (Å²) in [5.41, 5.74) is -0.600. The molecule has 1 unspecified atom stereocenters. The van der Waals surface area contributed by atoms with E-state index in [0.717, 1.165) is 12.1 Å². The van der Waals surface area contributed by atoms with Gasteiger partial charge < -0.3 is 5.32 Å². The van der Waals surface area contributed by atoms with Gasteiger partial charge in [0.25, 0.3) is 0 Å². The van der Waals surface area contributed by atoms with Crippen LogP contribution in [0.1, 0.15) is 6.92 Å². The number of hydrogen-bond acceptors (Lipinski definition) is 4. The van der Waals surface area contributed by atoms with Gasteiger partial charge in [0, 0.05) is 17.8 Å². The third-order valence-corrected chi connectivity index (χ3v) is 2.00. The van der Waals surface area contributed by atoms with Crippen molar-refractivity contribution in [2.45, 2.75) is 6.92 Å². The van der Waals surface area contributed by atoms with Gasteiger partial charge >= 0.3 is 5.69 Å². The van der Waals surface area contributed by atoms with E-state index in [1.54, 1.807) is 6.07 Å². The highest BCUT2D eigenvalue weighted by molar-refractivity contribution is 5.93. The van der Waals surface area contributed by atoms with Crippen molar-refractivity contribution < 1.29 is 14.1 Å². The molecular formula is C10H8FN3O3. The van der Waals surface area contributed by atoms with Crippen molar-refractivity contribution in [1.29, 1.82) is 5.26 Å². The maximum atomic E-state index is 13.2. The molecule has 7 heteroatoms. The van der Waals surface area contributed by atoms with Gasteiger partial charge in [-0.2, -0.15) is 9.65 Å². The zero-order chi connectivity index (χ0) is 13.0. The molecule has 1 aromatic carbocycles. The largest absolute Gasteiger partial charge is 0.325 e. The number of hydrogen-bond donors (Lipinski definition) is 1. The Morgan fingerprint density at radius 3 is 2.76 bits per heavy atom. The molecule has 17 heavy (non-hydrogen) atoms. The van der Waals surface area contributed by atoms with Gasteiger partial charge in [-0.15, -0.1) is 0 Å². The number of halogens is 1. The topological polar surface area (TPSA) is 96.0 Å². The number of carbonyl (C=O) groups excluding carboxylic acids is 1. The first-order valence-electron chi connectivity index (χ1n) is 4.60. The van der Waals surface area contributed by atoms with Gasteiger partial charge in [0.15, 0.2) is 0 Å². The molecule has 0 aliphatic rings. The van der Waals surface area contributed by atoms with Crippen molar-refractivity contribution in [3.05, 3.63) is 34.1 Å². The van der Waals surface area contributed by atoms with Crippen LogP contribution in [-0.4, -0.2) is 10.8 Å². The number of nitro benzene ring substituents is 1. The Bertz CT molecular complexity index is 510. The van der Waals surface area contributed by atoms with E-state index in [1.165, 1.54) is 13.0 Å². The second-order valence-electron chi connectivity index (χ2n) is 3.26. The molecule has 0 radical (unpaired) electrons. The van der Waals surface area contributed by atoms with E-state index >= 15 is 0 Å². The van der Waals surface area contributed by atoms with Crippen molar-refractivity contribution in [2.24, 2.45) is 5.92 Å². The van der Waals surface area contributed by atoms with Crippen LogP contribution in [0.4, 0.5) is 15.8 Å². The average Bonchev–Trinajstić information content (AvgIpc) is 2.27. The molecule has 0 aromatic heterocycles. The second kappa shape index (κ2) is 5.03. The Labute approximate surface area is 95.8 Å². The van der Waals surface area contributed by atoms with Gasteiger partial charge in [-0.25, -0.2) is 0 Å². The van der Waals surface area contributed by atoms with E-state index < -0.39 is 28.3 Å². The van der Waals surface area contributed by atoms with Crippen LogP contribution in [0.2, 0.25) is 0 Å². The minimum Gasteiger partial charge on any atom is -0.325 e. The minimum absolute atomic E-state index is 0.0696. The molecule has 1 N–H and O–H groups in total. The zero-order valence-electron chi connectivity index (χ0n) is 8.81. The highest BCUT2D eigenvalue weighted by Crippen LogP contribution is 2.21. The predicted molar refractivity (Wildman–Crippen MR) is 56.5 cm³/mol. The zero-order valence-corrected chi connectivity index (χ0v) is 8.81. The summed E-state index contributed by atoms with van der Waals surface area (Å²) in [4.78, 5) is 20.8. The lowest BCUT2D eigenvalue weighted by atomic mass is 10.2. The van der Waals surface area contributed by atoms with Crippen LogP contribution in [-0.2, 0) is 4.79 Å². The van der Waals surface area contributed by atoms with Gasteiger partial charge in [0.05, 0.1) is 11.0 Å². The molecule has 0 fully saturated rings. The summed E-state index contributed by atoms with van der Waals surface area (Å²) < 4.78 is 13.2. The van der Waals surface area contributed by atoms with Gasteiger partial charge in [-0.05, 0) is 13.0 Å². The lowest BCUT2D eigenvalue weighted by Crippen LogP contribution is -2.19. The number of anilines is 1. The molecular weight excluding hydrogens is 229 g/mol. The quantitative estimate of drug-likeness (QED) is 0.640. The lowest BCUT2D eigenvalue weighted by Gasteiger charge is -2.05. The first-order chi connectivity index (χ1) is 7.95. The highest BCUT2D eigenvalue weighted by atomic mass is 19.1. The summed E-state index contributed by atoms with van der Waals surface area (Å²) >= 11 is 0. The number of amides is 1. The molecule has 1 amide bonds. The van der Waals surface area contributed by atoms with Crippen molar-refractivity contribution in [2.75, 3.05) is 5.32 Å². The maximum Gasteiger partial charge on any atom is 0.304 e. The van der Waals surface area contributed by atoms with E-state index in [-0.39, 0.29) is 5.69 Å². The van der Waals surface area contributed by atoms with Crippen molar-refractivity contribution in [3.8, 4) is 6.07 Å². The van der Waals surface area contributed by atoms with Crippen LogP contribution >= 0.6 is 0 Å². The van der Waals surface area contributed by atoms with E-state index in [0.29, 0.717) is 0 Å². The Balaban J connectivity index is 2.89. The third-order valence-electron chi connectivity index (χ3n) is 2.00. The van der Waals surface area contributed by atoms with Crippen molar-refractivity contribution in [1.82, 2.24) is 0 Å². The molecule has 0 bridgehead atoms. The SMILES string of the molecule is CC(C#N)C(=O)Nc1ccc([N+](=O)[O-])c(F)c1. The number of nitrogens with one attached hydrogen (secondary N) is 1. The first kappa shape index (κ1) is 12.6. The third kappa shape index (κ3) is 2.98. The van der Waals surface area contributed by atoms with Gasteiger partial charge in [-0.1, -0.05) is 0 Å². The summed E-state index contributed by atoms with van der Waals surface area (Å²) in [6, 6.07) is 4.69. The summed E-state index contributed by atoms with van der Waals surface area (Å²) in [7, 11) is 0. The number of benzene rings is 1. The van der Waals surface area contributed by atoms with E-state index in [1.807, 2.05) is 0 Å². The molecule has 1 rings (SSSR count). The summed E-state index contributed by atoms with van der Waals surface area (Å²) in [5, 5.41) is 21.1. The van der Waals surface area contributed by atoms with Crippen LogP contribution < -0.4 is 5.32 Å². The maximum absolute atomic E-state index is 13.2. The smallest absolute Gasteiger partial charge is 0.304 e. The average molecular weight is 237 g/mol. The molecule has 0 spiro atoms. The molecule has 0 heterocycles. The van der Waals surface area contributed by atoms with E-state index in [4.69, 9.17) is 5.26 Å². The van der Waals surface area contributed by atoms with Crippen LogP contribution in [0.3, 0.4) is 0 Å². The molecule has 0 aliphatic heterocycles. The molecule has 0 saturated carbocycles. The fourth-order valence-electron chi connectivity index (χ4n) is 1.04. The molecule has 0 aliphatic carbocycles. The van der Waals surface area contributed by atoms with Crippen LogP contribution in [0.5, 0.6) is 0 Å². The molecule has 0 saturated heterocycles. The Morgan fingerprint density at radius 1 is 1.65 bits per heavy atom. The van der Waals surface area contributed by atoms with E-state index in [9.17, 15) is 19.3 Å². The van der Waals surface area contributed by atoms with Crippen LogP contribution in [0, 0.1) is 33.2 Å². The van der Waals surface area contributed by atoms with Crippen molar-refractivity contribution >= 4 is 17.3 Å². The Morgan fingerprint density at radius 2 is 2.29 bits per heavy atom. The molecule has 88 valence electrons. The van der Waals surface area contributed by atoms with Gasteiger partial charge in [-0.3, -0.25) is 14.9 Å². The molecule has 6 nitrogen and oxygen atoms in total. The van der Waals surface area contributed by atoms with Gasteiger partial charge in [0.1, 0.15) is 5.92 Å². The predicted octanol–water partition coefficient (Wildman–Crippen LogP) is 1.83. The van der Waals surface area contributed by atoms with Gasteiger partial charge in [0.2, 0.25) is 11.7 Å². The number of nitriles is 1. The number of carbonyl (C=O) groups is 1.